The Hall–Kier alpha value is -1.88. The van der Waals surface area contributed by atoms with Gasteiger partial charge in [0.1, 0.15) is 5.82 Å². The Morgan fingerprint density at radius 2 is 2.31 bits per heavy atom. The third-order valence-electron chi connectivity index (χ3n) is 2.02. The zero-order valence-electron chi connectivity index (χ0n) is 8.38. The van der Waals surface area contributed by atoms with Gasteiger partial charge in [0.15, 0.2) is 5.69 Å². The molecule has 82 valence electrons. The maximum atomic E-state index is 10.7. The van der Waals surface area contributed by atoms with Gasteiger partial charge in [-0.2, -0.15) is 11.3 Å². The van der Waals surface area contributed by atoms with Crippen molar-refractivity contribution in [2.24, 2.45) is 0 Å². The first kappa shape index (κ1) is 10.6. The maximum absolute atomic E-state index is 10.7. The van der Waals surface area contributed by atoms with E-state index in [0.717, 1.165) is 5.56 Å². The van der Waals surface area contributed by atoms with Crippen LogP contribution in [0.2, 0.25) is 0 Å². The van der Waals surface area contributed by atoms with Crippen LogP contribution in [0, 0.1) is 0 Å². The number of pyridine rings is 1. The van der Waals surface area contributed by atoms with Gasteiger partial charge in [0.05, 0.1) is 0 Å². The molecular formula is C11H10N2O2S. The van der Waals surface area contributed by atoms with Gasteiger partial charge in [-0.15, -0.1) is 0 Å². The average Bonchev–Trinajstić information content (AvgIpc) is 2.79. The van der Waals surface area contributed by atoms with Crippen LogP contribution in [0.4, 0.5) is 5.82 Å². The number of carboxylic acid groups (broad SMARTS) is 1. The van der Waals surface area contributed by atoms with Crippen molar-refractivity contribution in [1.29, 1.82) is 0 Å². The van der Waals surface area contributed by atoms with Crippen LogP contribution in [0.1, 0.15) is 16.1 Å². The Balaban J connectivity index is 2.04. The van der Waals surface area contributed by atoms with Crippen LogP contribution < -0.4 is 5.32 Å². The molecule has 2 aromatic heterocycles. The van der Waals surface area contributed by atoms with E-state index in [0.29, 0.717) is 12.4 Å². The summed E-state index contributed by atoms with van der Waals surface area (Å²) in [4.78, 5) is 14.7. The second-order valence-corrected chi connectivity index (χ2v) is 3.98. The minimum atomic E-state index is -1.01. The van der Waals surface area contributed by atoms with E-state index in [9.17, 15) is 4.79 Å². The first-order chi connectivity index (χ1) is 7.75. The number of nitrogens with one attached hydrogen (secondary N) is 1. The Labute approximate surface area is 96.6 Å². The molecule has 4 nitrogen and oxygen atoms in total. The lowest BCUT2D eigenvalue weighted by atomic mass is 10.3. The van der Waals surface area contributed by atoms with Gasteiger partial charge in [-0.3, -0.25) is 0 Å². The van der Waals surface area contributed by atoms with Gasteiger partial charge in [-0.05, 0) is 34.5 Å². The molecule has 0 aromatic carbocycles. The molecule has 0 atom stereocenters. The summed E-state index contributed by atoms with van der Waals surface area (Å²) in [6.45, 7) is 0.652. The maximum Gasteiger partial charge on any atom is 0.354 e. The van der Waals surface area contributed by atoms with Crippen molar-refractivity contribution in [3.8, 4) is 0 Å². The molecule has 0 bridgehead atoms. The number of rotatable bonds is 4. The fourth-order valence-electron chi connectivity index (χ4n) is 1.24. The Morgan fingerprint density at radius 1 is 1.44 bits per heavy atom. The molecule has 0 spiro atoms. The molecular weight excluding hydrogens is 224 g/mol. The topological polar surface area (TPSA) is 62.2 Å². The van der Waals surface area contributed by atoms with Crippen LogP contribution in [-0.2, 0) is 6.54 Å². The number of aromatic carboxylic acids is 1. The molecule has 0 radical (unpaired) electrons. The third-order valence-corrected chi connectivity index (χ3v) is 2.75. The van der Waals surface area contributed by atoms with Crippen LogP contribution in [-0.4, -0.2) is 16.1 Å². The highest BCUT2D eigenvalue weighted by Gasteiger charge is 2.04. The molecule has 2 rings (SSSR count). The van der Waals surface area contributed by atoms with Crippen molar-refractivity contribution in [2.45, 2.75) is 6.54 Å². The van der Waals surface area contributed by atoms with E-state index in [1.54, 1.807) is 23.5 Å². The summed E-state index contributed by atoms with van der Waals surface area (Å²) in [6, 6.07) is 6.90. The number of hydrogen-bond acceptors (Lipinski definition) is 4. The lowest BCUT2D eigenvalue weighted by Crippen LogP contribution is -2.05. The molecule has 16 heavy (non-hydrogen) atoms. The Kier molecular flexibility index (Phi) is 3.16. The molecule has 0 aliphatic carbocycles. The second kappa shape index (κ2) is 4.76. The fraction of sp³-hybridized carbons (Fsp3) is 0.0909. The molecule has 0 amide bonds. The van der Waals surface area contributed by atoms with E-state index in [2.05, 4.69) is 10.3 Å². The van der Waals surface area contributed by atoms with Crippen molar-refractivity contribution in [3.05, 3.63) is 46.3 Å². The summed E-state index contributed by atoms with van der Waals surface area (Å²) >= 11 is 1.63. The first-order valence-corrected chi connectivity index (χ1v) is 5.65. The lowest BCUT2D eigenvalue weighted by Gasteiger charge is -2.04. The van der Waals surface area contributed by atoms with Crippen LogP contribution in [0.15, 0.2) is 35.0 Å². The van der Waals surface area contributed by atoms with E-state index in [4.69, 9.17) is 5.11 Å². The number of carbonyl (C=O) groups is 1. The molecule has 0 saturated heterocycles. The number of hydrogen-bond donors (Lipinski definition) is 2. The van der Waals surface area contributed by atoms with E-state index in [1.807, 2.05) is 16.8 Å². The normalized spacial score (nSPS) is 10.0. The van der Waals surface area contributed by atoms with Gasteiger partial charge >= 0.3 is 5.97 Å². The highest BCUT2D eigenvalue weighted by molar-refractivity contribution is 7.07. The van der Waals surface area contributed by atoms with Crippen molar-refractivity contribution in [3.63, 3.8) is 0 Å². The zero-order chi connectivity index (χ0) is 11.4. The number of aromatic nitrogens is 1. The summed E-state index contributed by atoms with van der Waals surface area (Å²) in [5.74, 6) is -0.440. The van der Waals surface area contributed by atoms with Crippen LogP contribution in [0.3, 0.4) is 0 Å². The van der Waals surface area contributed by atoms with Gasteiger partial charge in [0.25, 0.3) is 0 Å². The largest absolute Gasteiger partial charge is 0.477 e. The number of anilines is 1. The van der Waals surface area contributed by atoms with Gasteiger partial charge in [0.2, 0.25) is 0 Å². The molecule has 2 N–H and O–H groups in total. The smallest absolute Gasteiger partial charge is 0.354 e. The molecule has 0 fully saturated rings. The SMILES string of the molecule is O=C(O)c1cccc(NCc2ccsc2)n1. The summed E-state index contributed by atoms with van der Waals surface area (Å²) in [6.07, 6.45) is 0. The van der Waals surface area contributed by atoms with E-state index in [-0.39, 0.29) is 5.69 Å². The molecule has 2 heterocycles. The number of carboxylic acids is 1. The summed E-state index contributed by atoms with van der Waals surface area (Å²) in [5, 5.41) is 15.9. The third kappa shape index (κ3) is 2.58. The lowest BCUT2D eigenvalue weighted by molar-refractivity contribution is 0.0690. The number of nitrogens with zero attached hydrogens (tertiary/aromatic N) is 1. The molecule has 5 heteroatoms. The van der Waals surface area contributed by atoms with Crippen molar-refractivity contribution in [1.82, 2.24) is 4.98 Å². The van der Waals surface area contributed by atoms with E-state index < -0.39 is 5.97 Å². The van der Waals surface area contributed by atoms with Gasteiger partial charge in [-0.25, -0.2) is 9.78 Å². The fourth-order valence-corrected chi connectivity index (χ4v) is 1.91. The van der Waals surface area contributed by atoms with E-state index >= 15 is 0 Å². The van der Waals surface area contributed by atoms with Crippen LogP contribution in [0.25, 0.3) is 0 Å². The van der Waals surface area contributed by atoms with Crippen LogP contribution >= 0.6 is 11.3 Å². The first-order valence-electron chi connectivity index (χ1n) is 4.71. The predicted molar refractivity (Wildman–Crippen MR) is 62.8 cm³/mol. The van der Waals surface area contributed by atoms with Crippen molar-refractivity contribution >= 4 is 23.1 Å². The van der Waals surface area contributed by atoms with Crippen molar-refractivity contribution in [2.75, 3.05) is 5.32 Å². The van der Waals surface area contributed by atoms with E-state index in [1.165, 1.54) is 6.07 Å². The standard InChI is InChI=1S/C11H10N2O2S/c14-11(15)9-2-1-3-10(13-9)12-6-8-4-5-16-7-8/h1-5,7H,6H2,(H,12,13)(H,14,15). The molecule has 0 aliphatic rings. The quantitative estimate of drug-likeness (QED) is 0.853. The summed E-state index contributed by atoms with van der Waals surface area (Å²) in [5.41, 5.74) is 1.21. The predicted octanol–water partition coefficient (Wildman–Crippen LogP) is 2.45. The molecule has 2 aromatic rings. The Morgan fingerprint density at radius 3 is 3.00 bits per heavy atom. The highest BCUT2D eigenvalue weighted by atomic mass is 32.1. The number of thiophene rings is 1. The molecule has 0 unspecified atom stereocenters. The molecule has 0 aliphatic heterocycles. The molecule has 0 saturated carbocycles. The minimum Gasteiger partial charge on any atom is -0.477 e. The summed E-state index contributed by atoms with van der Waals surface area (Å²) in [7, 11) is 0. The van der Waals surface area contributed by atoms with Gasteiger partial charge in [-0.1, -0.05) is 6.07 Å². The minimum absolute atomic E-state index is 0.0512. The average molecular weight is 234 g/mol. The second-order valence-electron chi connectivity index (χ2n) is 3.20. The monoisotopic (exact) mass is 234 g/mol. The van der Waals surface area contributed by atoms with Crippen LogP contribution in [0.5, 0.6) is 0 Å². The van der Waals surface area contributed by atoms with Gasteiger partial charge < -0.3 is 10.4 Å². The van der Waals surface area contributed by atoms with Crippen molar-refractivity contribution < 1.29 is 9.90 Å². The highest BCUT2D eigenvalue weighted by Crippen LogP contribution is 2.10. The summed E-state index contributed by atoms with van der Waals surface area (Å²) < 4.78 is 0. The van der Waals surface area contributed by atoms with Gasteiger partial charge in [0, 0.05) is 6.54 Å². The zero-order valence-corrected chi connectivity index (χ0v) is 9.20. The Bertz CT molecular complexity index is 482.